The van der Waals surface area contributed by atoms with Crippen LogP contribution in [-0.2, 0) is 9.53 Å². The van der Waals surface area contributed by atoms with Crippen LogP contribution in [0.2, 0.25) is 0 Å². The number of imide groups is 1. The summed E-state index contributed by atoms with van der Waals surface area (Å²) in [6.45, 7) is 4.55. The fraction of sp³-hybridized carbons (Fsp3) is 0.500. The van der Waals surface area contributed by atoms with Crippen LogP contribution < -0.4 is 5.32 Å². The van der Waals surface area contributed by atoms with Crippen LogP contribution in [0.1, 0.15) is 64.2 Å². The first-order valence-electron chi connectivity index (χ1n) is 9.43. The number of benzene rings is 1. The molecule has 1 saturated heterocycles. The minimum atomic E-state index is -1.11. The number of aliphatic carboxylic acids is 1. The van der Waals surface area contributed by atoms with Crippen molar-refractivity contribution in [3.63, 3.8) is 0 Å². The van der Waals surface area contributed by atoms with Crippen LogP contribution in [0.15, 0.2) is 18.2 Å². The number of ether oxygens (including phenoxy) is 1. The van der Waals surface area contributed by atoms with Gasteiger partial charge >= 0.3 is 5.97 Å². The average Bonchev–Trinajstić information content (AvgIpc) is 3.23. The minimum Gasteiger partial charge on any atom is -0.480 e. The lowest BCUT2D eigenvalue weighted by Crippen LogP contribution is -2.41. The Morgan fingerprint density at radius 3 is 2.57 bits per heavy atom. The highest BCUT2D eigenvalue weighted by Gasteiger charge is 2.38. The molecule has 8 nitrogen and oxygen atoms in total. The zero-order chi connectivity index (χ0) is 20.4. The summed E-state index contributed by atoms with van der Waals surface area (Å²) < 4.78 is 5.50. The Kier molecular flexibility index (Phi) is 5.79. The van der Waals surface area contributed by atoms with Gasteiger partial charge in [0, 0.05) is 12.2 Å². The first kappa shape index (κ1) is 20.0. The van der Waals surface area contributed by atoms with Crippen molar-refractivity contribution in [1.29, 1.82) is 0 Å². The largest absolute Gasteiger partial charge is 0.480 e. The van der Waals surface area contributed by atoms with Crippen molar-refractivity contribution in [2.24, 2.45) is 5.92 Å². The van der Waals surface area contributed by atoms with E-state index >= 15 is 0 Å². The lowest BCUT2D eigenvalue weighted by atomic mass is 10.0. The molecule has 0 aromatic heterocycles. The van der Waals surface area contributed by atoms with Gasteiger partial charge in [-0.1, -0.05) is 13.8 Å². The van der Waals surface area contributed by atoms with Gasteiger partial charge in [-0.05, 0) is 43.4 Å². The Morgan fingerprint density at radius 1 is 1.25 bits per heavy atom. The summed E-state index contributed by atoms with van der Waals surface area (Å²) >= 11 is 0. The topological polar surface area (TPSA) is 113 Å². The fourth-order valence-corrected chi connectivity index (χ4v) is 3.52. The molecule has 0 saturated carbocycles. The van der Waals surface area contributed by atoms with E-state index in [4.69, 9.17) is 4.74 Å². The molecule has 2 heterocycles. The fourth-order valence-electron chi connectivity index (χ4n) is 3.52. The number of hydrogen-bond donors (Lipinski definition) is 2. The zero-order valence-electron chi connectivity index (χ0n) is 15.9. The first-order chi connectivity index (χ1) is 13.3. The van der Waals surface area contributed by atoms with E-state index in [9.17, 15) is 24.3 Å². The van der Waals surface area contributed by atoms with E-state index in [1.165, 1.54) is 18.2 Å². The molecule has 2 N–H and O–H groups in total. The van der Waals surface area contributed by atoms with E-state index in [-0.39, 0.29) is 35.3 Å². The maximum atomic E-state index is 12.7. The second-order valence-corrected chi connectivity index (χ2v) is 7.61. The molecule has 1 unspecified atom stereocenters. The van der Waals surface area contributed by atoms with Gasteiger partial charge in [-0.3, -0.25) is 19.3 Å². The van der Waals surface area contributed by atoms with Crippen LogP contribution in [0.3, 0.4) is 0 Å². The zero-order valence-corrected chi connectivity index (χ0v) is 15.9. The standard InChI is InChI=1S/C20H24N2O6/c1-11(2)8-16(20(26)27)21-17(23)12-5-6-14-15(9-12)19(25)22(18(14)24)10-13-4-3-7-28-13/h5-6,9,11,13,16H,3-4,7-8,10H2,1-2H3,(H,21,23)(H,26,27)/t13?,16-/m0/s1. The molecule has 2 atom stereocenters. The summed E-state index contributed by atoms with van der Waals surface area (Å²) in [4.78, 5) is 50.2. The average molecular weight is 388 g/mol. The Bertz CT molecular complexity index is 813. The Hall–Kier alpha value is -2.74. The van der Waals surface area contributed by atoms with Crippen LogP contribution in [-0.4, -0.2) is 59.0 Å². The number of hydrogen-bond acceptors (Lipinski definition) is 5. The monoisotopic (exact) mass is 388 g/mol. The molecule has 0 bridgehead atoms. The van der Waals surface area contributed by atoms with Crippen LogP contribution in [0, 0.1) is 5.92 Å². The molecule has 0 aliphatic carbocycles. The normalized spacial score (nSPS) is 19.8. The Balaban J connectivity index is 1.76. The molecule has 0 spiro atoms. The second kappa shape index (κ2) is 8.10. The van der Waals surface area contributed by atoms with Gasteiger partial charge in [0.25, 0.3) is 17.7 Å². The van der Waals surface area contributed by atoms with E-state index in [0.29, 0.717) is 13.0 Å². The predicted molar refractivity (Wildman–Crippen MR) is 99.1 cm³/mol. The lowest BCUT2D eigenvalue weighted by molar-refractivity contribution is -0.139. The smallest absolute Gasteiger partial charge is 0.326 e. The van der Waals surface area contributed by atoms with Crippen molar-refractivity contribution in [2.45, 2.75) is 45.3 Å². The highest BCUT2D eigenvalue weighted by Crippen LogP contribution is 2.26. The molecule has 2 aliphatic heterocycles. The van der Waals surface area contributed by atoms with E-state index in [1.807, 2.05) is 13.8 Å². The summed E-state index contributed by atoms with van der Waals surface area (Å²) in [5, 5.41) is 11.8. The number of carboxylic acid groups (broad SMARTS) is 1. The van der Waals surface area contributed by atoms with Crippen LogP contribution in [0.4, 0.5) is 0 Å². The molecule has 1 aromatic carbocycles. The molecule has 0 radical (unpaired) electrons. The van der Waals surface area contributed by atoms with Crippen LogP contribution in [0.25, 0.3) is 0 Å². The molecule has 2 aliphatic rings. The first-order valence-corrected chi connectivity index (χ1v) is 9.43. The van der Waals surface area contributed by atoms with Crippen LogP contribution in [0.5, 0.6) is 0 Å². The van der Waals surface area contributed by atoms with E-state index < -0.39 is 29.7 Å². The molecular weight excluding hydrogens is 364 g/mol. The molecule has 28 heavy (non-hydrogen) atoms. The summed E-state index contributed by atoms with van der Waals surface area (Å²) in [6, 6.07) is 3.21. The lowest BCUT2D eigenvalue weighted by Gasteiger charge is -2.18. The molecular formula is C20H24N2O6. The summed E-state index contributed by atoms with van der Waals surface area (Å²) in [7, 11) is 0. The van der Waals surface area contributed by atoms with Crippen molar-refractivity contribution in [1.82, 2.24) is 10.2 Å². The summed E-state index contributed by atoms with van der Waals surface area (Å²) in [6.07, 6.45) is 1.84. The van der Waals surface area contributed by atoms with Gasteiger partial charge in [0.05, 0.1) is 23.8 Å². The van der Waals surface area contributed by atoms with Gasteiger partial charge in [0.1, 0.15) is 6.04 Å². The Labute approximate surface area is 162 Å². The second-order valence-electron chi connectivity index (χ2n) is 7.61. The predicted octanol–water partition coefficient (Wildman–Crippen LogP) is 1.69. The number of carbonyl (C=O) groups is 4. The third-order valence-corrected chi connectivity index (χ3v) is 4.95. The van der Waals surface area contributed by atoms with Crippen molar-refractivity contribution in [3.05, 3.63) is 34.9 Å². The SMILES string of the molecule is CC(C)C[C@H](NC(=O)c1ccc2c(c1)C(=O)N(CC1CCCO1)C2=O)C(=O)O. The van der Waals surface area contributed by atoms with Gasteiger partial charge in [0.15, 0.2) is 0 Å². The molecule has 1 aromatic rings. The molecule has 1 fully saturated rings. The number of amides is 3. The quantitative estimate of drug-likeness (QED) is 0.688. The third kappa shape index (κ3) is 4.06. The van der Waals surface area contributed by atoms with Crippen molar-refractivity contribution < 1.29 is 29.0 Å². The van der Waals surface area contributed by atoms with Gasteiger partial charge < -0.3 is 15.2 Å². The number of carboxylic acids is 1. The number of fused-ring (bicyclic) bond motifs is 1. The maximum absolute atomic E-state index is 12.7. The molecule has 3 rings (SSSR count). The van der Waals surface area contributed by atoms with Crippen molar-refractivity contribution in [3.8, 4) is 0 Å². The molecule has 3 amide bonds. The van der Waals surface area contributed by atoms with E-state index in [2.05, 4.69) is 5.32 Å². The van der Waals surface area contributed by atoms with Gasteiger partial charge in [0.2, 0.25) is 0 Å². The van der Waals surface area contributed by atoms with Crippen molar-refractivity contribution in [2.75, 3.05) is 13.2 Å². The van der Waals surface area contributed by atoms with Gasteiger partial charge in [-0.25, -0.2) is 4.79 Å². The van der Waals surface area contributed by atoms with Crippen molar-refractivity contribution >= 4 is 23.7 Å². The number of rotatable bonds is 7. The van der Waals surface area contributed by atoms with Gasteiger partial charge in [-0.15, -0.1) is 0 Å². The number of nitrogens with one attached hydrogen (secondary N) is 1. The maximum Gasteiger partial charge on any atom is 0.326 e. The third-order valence-electron chi connectivity index (χ3n) is 4.95. The highest BCUT2D eigenvalue weighted by molar-refractivity contribution is 6.22. The van der Waals surface area contributed by atoms with Gasteiger partial charge in [-0.2, -0.15) is 0 Å². The molecule has 150 valence electrons. The molecule has 8 heteroatoms. The van der Waals surface area contributed by atoms with Crippen LogP contribution >= 0.6 is 0 Å². The number of carbonyl (C=O) groups excluding carboxylic acids is 3. The minimum absolute atomic E-state index is 0.0898. The van der Waals surface area contributed by atoms with E-state index in [0.717, 1.165) is 17.7 Å². The summed E-state index contributed by atoms with van der Waals surface area (Å²) in [5.74, 6) is -2.47. The highest BCUT2D eigenvalue weighted by atomic mass is 16.5. The number of nitrogens with zero attached hydrogens (tertiary/aromatic N) is 1. The Morgan fingerprint density at radius 2 is 1.96 bits per heavy atom. The van der Waals surface area contributed by atoms with E-state index in [1.54, 1.807) is 0 Å². The summed E-state index contributed by atoms with van der Waals surface area (Å²) in [5.41, 5.74) is 0.553.